The fourth-order valence-corrected chi connectivity index (χ4v) is 3.39. The van der Waals surface area contributed by atoms with E-state index in [4.69, 9.17) is 16.7 Å². The van der Waals surface area contributed by atoms with Crippen molar-refractivity contribution in [1.82, 2.24) is 4.57 Å². The Morgan fingerprint density at radius 2 is 1.95 bits per heavy atom. The van der Waals surface area contributed by atoms with Gasteiger partial charge in [-0.3, -0.25) is 4.79 Å². The minimum Gasteiger partial charge on any atom is -0.396 e. The number of aryl methyl sites for hydroxylation is 1. The number of ketones is 1. The van der Waals surface area contributed by atoms with Crippen molar-refractivity contribution in [2.75, 3.05) is 12.4 Å². The molecule has 3 nitrogen and oxygen atoms in total. The molecule has 0 saturated heterocycles. The lowest BCUT2D eigenvalue weighted by Crippen LogP contribution is -2.15. The van der Waals surface area contributed by atoms with Gasteiger partial charge in [-0.25, -0.2) is 0 Å². The van der Waals surface area contributed by atoms with Crippen molar-refractivity contribution < 1.29 is 9.90 Å². The average Bonchev–Trinajstić information content (AvgIpc) is 2.80. The van der Waals surface area contributed by atoms with E-state index in [1.165, 1.54) is 11.8 Å². The second-order valence-electron chi connectivity index (χ2n) is 5.20. The molecule has 0 unspecified atom stereocenters. The predicted molar refractivity (Wildman–Crippen MR) is 93.6 cm³/mol. The zero-order valence-electron chi connectivity index (χ0n) is 13.0. The molecule has 1 aromatic heterocycles. The van der Waals surface area contributed by atoms with Gasteiger partial charge < -0.3 is 9.67 Å². The van der Waals surface area contributed by atoms with Crippen molar-refractivity contribution in [3.8, 4) is 5.69 Å². The first-order chi connectivity index (χ1) is 10.5. The van der Waals surface area contributed by atoms with Crippen LogP contribution in [0.2, 0.25) is 5.02 Å². The molecule has 2 aromatic rings. The first kappa shape index (κ1) is 17.1. The van der Waals surface area contributed by atoms with E-state index in [2.05, 4.69) is 4.57 Å². The van der Waals surface area contributed by atoms with Crippen molar-refractivity contribution in [2.24, 2.45) is 0 Å². The van der Waals surface area contributed by atoms with Gasteiger partial charge in [0.1, 0.15) is 0 Å². The molecule has 1 N–H and O–H groups in total. The van der Waals surface area contributed by atoms with Gasteiger partial charge in [-0.05, 0) is 51.1 Å². The monoisotopic (exact) mass is 337 g/mol. The highest BCUT2D eigenvalue weighted by Crippen LogP contribution is 2.25. The van der Waals surface area contributed by atoms with Crippen molar-refractivity contribution >= 4 is 29.1 Å². The number of aromatic nitrogens is 1. The maximum absolute atomic E-state index is 12.6. The van der Waals surface area contributed by atoms with Crippen LogP contribution in [0, 0.1) is 13.8 Å². The maximum Gasteiger partial charge on any atom is 0.177 e. The van der Waals surface area contributed by atoms with Gasteiger partial charge in [0.2, 0.25) is 0 Å². The van der Waals surface area contributed by atoms with E-state index in [1.54, 1.807) is 0 Å². The van der Waals surface area contributed by atoms with Gasteiger partial charge in [0.25, 0.3) is 0 Å². The molecule has 118 valence electrons. The zero-order valence-corrected chi connectivity index (χ0v) is 14.5. The van der Waals surface area contributed by atoms with E-state index in [9.17, 15) is 4.79 Å². The summed E-state index contributed by atoms with van der Waals surface area (Å²) in [5.74, 6) is 0.676. The van der Waals surface area contributed by atoms with Gasteiger partial charge in [0, 0.05) is 33.4 Å². The first-order valence-electron chi connectivity index (χ1n) is 7.17. The van der Waals surface area contributed by atoms with Gasteiger partial charge in [0.05, 0.1) is 11.9 Å². The largest absolute Gasteiger partial charge is 0.396 e. The average molecular weight is 338 g/mol. The van der Waals surface area contributed by atoms with Gasteiger partial charge in [-0.2, -0.15) is 0 Å². The van der Waals surface area contributed by atoms with E-state index >= 15 is 0 Å². The smallest absolute Gasteiger partial charge is 0.177 e. The molecule has 1 atom stereocenters. The van der Waals surface area contributed by atoms with Crippen LogP contribution in [0.15, 0.2) is 30.3 Å². The van der Waals surface area contributed by atoms with Crippen LogP contribution in [0.25, 0.3) is 5.69 Å². The van der Waals surface area contributed by atoms with E-state index in [1.807, 2.05) is 51.1 Å². The number of carbonyl (C=O) groups is 1. The first-order valence-corrected chi connectivity index (χ1v) is 8.60. The minimum atomic E-state index is -0.161. The number of aliphatic hydroxyl groups excluding tert-OH is 1. The highest BCUT2D eigenvalue weighted by atomic mass is 35.5. The summed E-state index contributed by atoms with van der Waals surface area (Å²) in [5, 5.41) is 9.42. The highest BCUT2D eigenvalue weighted by Gasteiger charge is 2.21. The Bertz CT molecular complexity index is 664. The summed E-state index contributed by atoms with van der Waals surface area (Å²) in [7, 11) is 0. The maximum atomic E-state index is 12.6. The van der Waals surface area contributed by atoms with Crippen molar-refractivity contribution in [3.05, 3.63) is 52.3 Å². The quantitative estimate of drug-likeness (QED) is 0.809. The predicted octanol–water partition coefficient (Wildman–Crippen LogP) is 4.04. The molecule has 0 aliphatic heterocycles. The third kappa shape index (κ3) is 3.57. The number of aliphatic hydroxyl groups is 1. The number of benzene rings is 1. The Hall–Kier alpha value is -1.23. The van der Waals surface area contributed by atoms with Crippen LogP contribution in [0.1, 0.15) is 28.7 Å². The molecule has 0 fully saturated rings. The zero-order chi connectivity index (χ0) is 16.3. The molecular formula is C17H20ClNO2S. The Morgan fingerprint density at radius 1 is 1.32 bits per heavy atom. The fraction of sp³-hybridized carbons (Fsp3) is 0.353. The van der Waals surface area contributed by atoms with Crippen molar-refractivity contribution in [2.45, 2.75) is 26.0 Å². The summed E-state index contributed by atoms with van der Waals surface area (Å²) in [6, 6.07) is 9.51. The number of hydrogen-bond donors (Lipinski definition) is 1. The molecule has 0 amide bonds. The SMILES string of the molecule is Cc1cc(C(=O)[C@H](C)SCCO)c(C)n1-c1ccc(Cl)cc1. The second kappa shape index (κ2) is 7.36. The number of thioether (sulfide) groups is 1. The molecular weight excluding hydrogens is 318 g/mol. The number of rotatable bonds is 6. The summed E-state index contributed by atoms with van der Waals surface area (Å²) in [6.07, 6.45) is 0. The third-order valence-corrected chi connectivity index (χ3v) is 4.99. The van der Waals surface area contributed by atoms with E-state index in [0.29, 0.717) is 10.8 Å². The topological polar surface area (TPSA) is 42.2 Å². The van der Waals surface area contributed by atoms with Crippen LogP contribution in [-0.4, -0.2) is 33.1 Å². The molecule has 0 radical (unpaired) electrons. The minimum absolute atomic E-state index is 0.0894. The van der Waals surface area contributed by atoms with Gasteiger partial charge >= 0.3 is 0 Å². The molecule has 0 saturated carbocycles. The van der Waals surface area contributed by atoms with Crippen LogP contribution < -0.4 is 0 Å². The standard InChI is InChI=1S/C17H20ClNO2S/c1-11-10-16(17(21)13(3)22-9-8-20)12(2)19(11)15-6-4-14(18)5-7-15/h4-7,10,13,20H,8-9H2,1-3H3/t13-/m0/s1. The number of hydrogen-bond acceptors (Lipinski definition) is 3. The number of Topliss-reactive ketones (excluding diaryl/α,β-unsaturated/α-hetero) is 1. The van der Waals surface area contributed by atoms with Gasteiger partial charge in [-0.15, -0.1) is 11.8 Å². The summed E-state index contributed by atoms with van der Waals surface area (Å²) in [4.78, 5) is 12.6. The molecule has 0 bridgehead atoms. The lowest BCUT2D eigenvalue weighted by atomic mass is 10.1. The molecule has 1 heterocycles. The molecule has 0 aliphatic carbocycles. The highest BCUT2D eigenvalue weighted by molar-refractivity contribution is 8.00. The summed E-state index contributed by atoms with van der Waals surface area (Å²) < 4.78 is 2.06. The molecule has 0 aliphatic rings. The molecule has 0 spiro atoms. The number of halogens is 1. The normalized spacial score (nSPS) is 12.4. The summed E-state index contributed by atoms with van der Waals surface area (Å²) in [5.41, 5.74) is 3.68. The van der Waals surface area contributed by atoms with Crippen LogP contribution >= 0.6 is 23.4 Å². The second-order valence-corrected chi connectivity index (χ2v) is 7.08. The van der Waals surface area contributed by atoms with Crippen LogP contribution in [0.3, 0.4) is 0 Å². The van der Waals surface area contributed by atoms with Crippen LogP contribution in [0.4, 0.5) is 0 Å². The molecule has 22 heavy (non-hydrogen) atoms. The molecule has 2 rings (SSSR count). The Kier molecular flexibility index (Phi) is 5.73. The fourth-order valence-electron chi connectivity index (χ4n) is 2.52. The molecule has 1 aromatic carbocycles. The molecule has 5 heteroatoms. The van der Waals surface area contributed by atoms with E-state index < -0.39 is 0 Å². The lowest BCUT2D eigenvalue weighted by molar-refractivity contribution is 0.0993. The Labute approximate surface area is 140 Å². The van der Waals surface area contributed by atoms with Crippen LogP contribution in [0.5, 0.6) is 0 Å². The van der Waals surface area contributed by atoms with Crippen molar-refractivity contribution in [1.29, 1.82) is 0 Å². The number of nitrogens with zero attached hydrogens (tertiary/aromatic N) is 1. The van der Waals surface area contributed by atoms with Gasteiger partial charge in [0.15, 0.2) is 5.78 Å². The lowest BCUT2D eigenvalue weighted by Gasteiger charge is -2.12. The Balaban J connectivity index is 2.34. The summed E-state index contributed by atoms with van der Waals surface area (Å²) in [6.45, 7) is 5.92. The van der Waals surface area contributed by atoms with E-state index in [-0.39, 0.29) is 17.6 Å². The van der Waals surface area contributed by atoms with Gasteiger partial charge in [-0.1, -0.05) is 11.6 Å². The number of carbonyl (C=O) groups excluding carboxylic acids is 1. The van der Waals surface area contributed by atoms with Crippen LogP contribution in [-0.2, 0) is 0 Å². The Morgan fingerprint density at radius 3 is 2.55 bits per heavy atom. The van der Waals surface area contributed by atoms with Crippen molar-refractivity contribution in [3.63, 3.8) is 0 Å². The van der Waals surface area contributed by atoms with E-state index in [0.717, 1.165) is 22.6 Å². The third-order valence-electron chi connectivity index (χ3n) is 3.61. The summed E-state index contributed by atoms with van der Waals surface area (Å²) >= 11 is 7.41.